The fourth-order valence-corrected chi connectivity index (χ4v) is 3.14. The van der Waals surface area contributed by atoms with Crippen molar-refractivity contribution in [2.24, 2.45) is 5.73 Å². The van der Waals surface area contributed by atoms with Crippen LogP contribution in [0.2, 0.25) is 0 Å². The van der Waals surface area contributed by atoms with Crippen molar-refractivity contribution in [2.75, 3.05) is 19.6 Å². The minimum Gasteiger partial charge on any atom is -0.368 e. The van der Waals surface area contributed by atoms with Crippen LogP contribution in [0.4, 0.5) is 0 Å². The molecule has 0 saturated carbocycles. The third-order valence-electron chi connectivity index (χ3n) is 4.18. The molecule has 0 aromatic heterocycles. The van der Waals surface area contributed by atoms with E-state index in [2.05, 4.69) is 34.5 Å². The Morgan fingerprint density at radius 1 is 1.05 bits per heavy atom. The number of amides is 1. The van der Waals surface area contributed by atoms with E-state index in [4.69, 9.17) is 5.73 Å². The quantitative estimate of drug-likeness (QED) is 0.899. The maximum absolute atomic E-state index is 11.9. The molecule has 114 valence electrons. The summed E-state index contributed by atoms with van der Waals surface area (Å²) >= 11 is 0. The molecule has 1 aliphatic rings. The van der Waals surface area contributed by atoms with Gasteiger partial charge in [-0.2, -0.15) is 0 Å². The van der Waals surface area contributed by atoms with Crippen molar-refractivity contribution in [3.63, 3.8) is 0 Å². The van der Waals surface area contributed by atoms with E-state index in [9.17, 15) is 4.79 Å². The summed E-state index contributed by atoms with van der Waals surface area (Å²) in [4.78, 5) is 14.1. The van der Waals surface area contributed by atoms with Gasteiger partial charge in [0, 0.05) is 19.6 Å². The van der Waals surface area contributed by atoms with Gasteiger partial charge in [-0.3, -0.25) is 9.69 Å². The largest absolute Gasteiger partial charge is 0.368 e. The average Bonchev–Trinajstić information content (AvgIpc) is 2.57. The minimum atomic E-state index is -0.292. The number of hydrogen-bond acceptors (Lipinski definition) is 3. The van der Waals surface area contributed by atoms with Gasteiger partial charge in [-0.1, -0.05) is 60.7 Å². The van der Waals surface area contributed by atoms with E-state index >= 15 is 0 Å². The molecule has 0 radical (unpaired) electrons. The van der Waals surface area contributed by atoms with E-state index in [0.717, 1.165) is 13.1 Å². The molecular formula is C18H21N3O. The number of carbonyl (C=O) groups excluding carboxylic acids is 1. The predicted molar refractivity (Wildman–Crippen MR) is 87.3 cm³/mol. The highest BCUT2D eigenvalue weighted by molar-refractivity contribution is 5.80. The average molecular weight is 295 g/mol. The van der Waals surface area contributed by atoms with Crippen LogP contribution in [-0.2, 0) is 4.79 Å². The number of nitrogens with two attached hydrogens (primary N) is 1. The van der Waals surface area contributed by atoms with Crippen molar-refractivity contribution in [3.05, 3.63) is 71.8 Å². The monoisotopic (exact) mass is 295 g/mol. The smallest absolute Gasteiger partial charge is 0.236 e. The van der Waals surface area contributed by atoms with Crippen LogP contribution in [0.5, 0.6) is 0 Å². The lowest BCUT2D eigenvalue weighted by Gasteiger charge is -2.40. The Morgan fingerprint density at radius 3 is 2.09 bits per heavy atom. The van der Waals surface area contributed by atoms with E-state index < -0.39 is 0 Å². The van der Waals surface area contributed by atoms with Crippen LogP contribution in [0.1, 0.15) is 17.2 Å². The zero-order chi connectivity index (χ0) is 15.4. The molecule has 1 aliphatic heterocycles. The van der Waals surface area contributed by atoms with Gasteiger partial charge in [0.2, 0.25) is 5.91 Å². The Morgan fingerprint density at radius 2 is 1.59 bits per heavy atom. The Labute approximate surface area is 130 Å². The second-order valence-electron chi connectivity index (χ2n) is 5.58. The number of carbonyl (C=O) groups is 1. The van der Waals surface area contributed by atoms with Crippen LogP contribution in [0.3, 0.4) is 0 Å². The number of benzene rings is 2. The Bertz CT molecular complexity index is 575. The van der Waals surface area contributed by atoms with Crippen LogP contribution in [0, 0.1) is 0 Å². The highest BCUT2D eigenvalue weighted by Gasteiger charge is 2.33. The summed E-state index contributed by atoms with van der Waals surface area (Å²) in [6.07, 6.45) is 0. The van der Waals surface area contributed by atoms with Crippen LogP contribution >= 0.6 is 0 Å². The van der Waals surface area contributed by atoms with E-state index in [1.807, 2.05) is 36.4 Å². The van der Waals surface area contributed by atoms with Gasteiger partial charge in [0.05, 0.1) is 6.04 Å². The van der Waals surface area contributed by atoms with E-state index in [1.165, 1.54) is 11.1 Å². The van der Waals surface area contributed by atoms with Crippen LogP contribution < -0.4 is 11.1 Å². The maximum Gasteiger partial charge on any atom is 0.236 e. The molecule has 2 aromatic rings. The van der Waals surface area contributed by atoms with Crippen LogP contribution in [-0.4, -0.2) is 36.5 Å². The normalized spacial score (nSPS) is 19.2. The third kappa shape index (κ3) is 3.03. The van der Waals surface area contributed by atoms with Crippen molar-refractivity contribution < 1.29 is 4.79 Å². The number of nitrogens with one attached hydrogen (secondary N) is 1. The number of primary amides is 1. The summed E-state index contributed by atoms with van der Waals surface area (Å²) < 4.78 is 0. The van der Waals surface area contributed by atoms with E-state index in [0.29, 0.717) is 6.54 Å². The van der Waals surface area contributed by atoms with Gasteiger partial charge in [0.25, 0.3) is 0 Å². The second-order valence-corrected chi connectivity index (χ2v) is 5.58. The molecule has 1 fully saturated rings. The van der Waals surface area contributed by atoms with Gasteiger partial charge < -0.3 is 11.1 Å². The van der Waals surface area contributed by atoms with Gasteiger partial charge in [-0.25, -0.2) is 0 Å². The molecule has 0 aliphatic carbocycles. The van der Waals surface area contributed by atoms with Crippen molar-refractivity contribution >= 4 is 5.91 Å². The van der Waals surface area contributed by atoms with Gasteiger partial charge in [0.1, 0.15) is 6.04 Å². The topological polar surface area (TPSA) is 58.4 Å². The molecular weight excluding hydrogens is 274 g/mol. The molecule has 4 nitrogen and oxygen atoms in total. The standard InChI is InChI=1S/C18H21N3O/c19-18(22)16-13-20-11-12-21(16)17(14-7-3-1-4-8-14)15-9-5-2-6-10-15/h1-10,16-17,20H,11-13H2,(H2,19,22). The first-order chi connectivity index (χ1) is 10.8. The molecule has 1 amide bonds. The molecule has 0 bridgehead atoms. The summed E-state index contributed by atoms with van der Waals surface area (Å²) in [5.74, 6) is -0.274. The summed E-state index contributed by atoms with van der Waals surface area (Å²) in [6.45, 7) is 2.26. The SMILES string of the molecule is NC(=O)C1CNCCN1C(c1ccccc1)c1ccccc1. The summed E-state index contributed by atoms with van der Waals surface area (Å²) in [7, 11) is 0. The molecule has 1 unspecified atom stereocenters. The fourth-order valence-electron chi connectivity index (χ4n) is 3.14. The summed E-state index contributed by atoms with van der Waals surface area (Å²) in [5, 5.41) is 3.26. The lowest BCUT2D eigenvalue weighted by atomic mass is 9.94. The van der Waals surface area contributed by atoms with E-state index in [-0.39, 0.29) is 18.0 Å². The Balaban J connectivity index is 2.03. The highest BCUT2D eigenvalue weighted by Crippen LogP contribution is 2.30. The lowest BCUT2D eigenvalue weighted by Crippen LogP contribution is -2.57. The van der Waals surface area contributed by atoms with Crippen LogP contribution in [0.25, 0.3) is 0 Å². The first-order valence-electron chi connectivity index (χ1n) is 7.63. The highest BCUT2D eigenvalue weighted by atomic mass is 16.1. The van der Waals surface area contributed by atoms with Crippen molar-refractivity contribution in [1.82, 2.24) is 10.2 Å². The van der Waals surface area contributed by atoms with Crippen molar-refractivity contribution in [2.45, 2.75) is 12.1 Å². The summed E-state index contributed by atoms with van der Waals surface area (Å²) in [5.41, 5.74) is 8.00. The van der Waals surface area contributed by atoms with Gasteiger partial charge >= 0.3 is 0 Å². The number of hydrogen-bond donors (Lipinski definition) is 2. The molecule has 3 rings (SSSR count). The summed E-state index contributed by atoms with van der Waals surface area (Å²) in [6, 6.07) is 20.3. The molecule has 4 heteroatoms. The molecule has 1 atom stereocenters. The Hall–Kier alpha value is -2.17. The minimum absolute atomic E-state index is 0.0435. The van der Waals surface area contributed by atoms with Gasteiger partial charge in [-0.05, 0) is 11.1 Å². The third-order valence-corrected chi connectivity index (χ3v) is 4.18. The first-order valence-corrected chi connectivity index (χ1v) is 7.63. The van der Waals surface area contributed by atoms with Gasteiger partial charge in [-0.15, -0.1) is 0 Å². The zero-order valence-electron chi connectivity index (χ0n) is 12.5. The molecule has 0 spiro atoms. The molecule has 3 N–H and O–H groups in total. The molecule has 2 aromatic carbocycles. The second kappa shape index (κ2) is 6.73. The molecule has 22 heavy (non-hydrogen) atoms. The lowest BCUT2D eigenvalue weighted by molar-refractivity contribution is -0.124. The number of rotatable bonds is 4. The maximum atomic E-state index is 11.9. The molecule has 1 saturated heterocycles. The zero-order valence-corrected chi connectivity index (χ0v) is 12.5. The van der Waals surface area contributed by atoms with Crippen molar-refractivity contribution in [1.29, 1.82) is 0 Å². The molecule has 1 heterocycles. The van der Waals surface area contributed by atoms with Crippen molar-refractivity contribution in [3.8, 4) is 0 Å². The Kier molecular flexibility index (Phi) is 4.51. The van der Waals surface area contributed by atoms with Gasteiger partial charge in [0.15, 0.2) is 0 Å². The number of nitrogens with zero attached hydrogens (tertiary/aromatic N) is 1. The van der Waals surface area contributed by atoms with Crippen LogP contribution in [0.15, 0.2) is 60.7 Å². The fraction of sp³-hybridized carbons (Fsp3) is 0.278. The first kappa shape index (κ1) is 14.8. The van der Waals surface area contributed by atoms with E-state index in [1.54, 1.807) is 0 Å². The predicted octanol–water partition coefficient (Wildman–Crippen LogP) is 1.54. The number of piperazine rings is 1.